The maximum absolute atomic E-state index is 10.2. The van der Waals surface area contributed by atoms with Gasteiger partial charge < -0.3 is 50.3 Å². The Morgan fingerprint density at radius 1 is 0.818 bits per heavy atom. The zero-order valence-electron chi connectivity index (χ0n) is 11.6. The minimum atomic E-state index is -1.70. The first-order chi connectivity index (χ1) is 10.3. The molecule has 2 heterocycles. The Hall–Kier alpha value is -0.400. The lowest BCUT2D eigenvalue weighted by Gasteiger charge is -2.45. The van der Waals surface area contributed by atoms with E-state index < -0.39 is 67.6 Å². The molecule has 1 unspecified atom stereocenters. The number of ether oxygens (including phenoxy) is 2. The summed E-state index contributed by atoms with van der Waals surface area (Å²) >= 11 is 0. The Labute approximate surface area is 125 Å². The molecule has 22 heavy (non-hydrogen) atoms. The molecule has 0 saturated carbocycles. The fourth-order valence-electron chi connectivity index (χ4n) is 2.73. The van der Waals surface area contributed by atoms with E-state index in [4.69, 9.17) is 14.6 Å². The molecule has 0 spiro atoms. The summed E-state index contributed by atoms with van der Waals surface area (Å²) in [7, 11) is 0. The lowest BCUT2D eigenvalue weighted by molar-refractivity contribution is -0.279. The van der Waals surface area contributed by atoms with Crippen molar-refractivity contribution in [3.8, 4) is 0 Å². The second kappa shape index (κ2) is 7.01. The minimum absolute atomic E-state index is 0.350. The summed E-state index contributed by atoms with van der Waals surface area (Å²) in [5, 5.41) is 77.4. The summed E-state index contributed by atoms with van der Waals surface area (Å²) in [4.78, 5) is 0. The second-order valence-corrected chi connectivity index (χ2v) is 5.63. The minimum Gasteiger partial charge on any atom is -0.394 e. The average Bonchev–Trinajstić information content (AvgIpc) is 2.50. The van der Waals surface area contributed by atoms with Gasteiger partial charge in [-0.1, -0.05) is 0 Å². The van der Waals surface area contributed by atoms with Crippen LogP contribution in [0.2, 0.25) is 0 Å². The van der Waals surface area contributed by atoms with E-state index in [0.717, 1.165) is 0 Å². The van der Waals surface area contributed by atoms with Crippen molar-refractivity contribution in [2.75, 3.05) is 13.2 Å². The zero-order valence-corrected chi connectivity index (χ0v) is 11.6. The monoisotopic (exact) mass is 326 g/mol. The Bertz CT molecular complexity index is 366. The molecule has 10 heteroatoms. The molecule has 0 radical (unpaired) electrons. The lowest BCUT2D eigenvalue weighted by atomic mass is 9.87. The molecule has 10 atom stereocenters. The first kappa shape index (κ1) is 17.9. The van der Waals surface area contributed by atoms with Crippen LogP contribution in [0.4, 0.5) is 0 Å². The highest BCUT2D eigenvalue weighted by atomic mass is 16.6. The highest BCUT2D eigenvalue weighted by Gasteiger charge is 2.51. The largest absolute Gasteiger partial charge is 0.394 e. The van der Waals surface area contributed by atoms with Crippen LogP contribution in [0.5, 0.6) is 0 Å². The number of aliphatic hydroxyl groups excluding tert-OH is 8. The van der Waals surface area contributed by atoms with Crippen molar-refractivity contribution >= 4 is 0 Å². The fourth-order valence-corrected chi connectivity index (χ4v) is 2.73. The van der Waals surface area contributed by atoms with Gasteiger partial charge in [0.25, 0.3) is 0 Å². The van der Waals surface area contributed by atoms with Gasteiger partial charge in [-0.15, -0.1) is 0 Å². The van der Waals surface area contributed by atoms with Crippen LogP contribution in [0, 0.1) is 0 Å². The third-order valence-electron chi connectivity index (χ3n) is 4.14. The summed E-state index contributed by atoms with van der Waals surface area (Å²) in [6.45, 7) is -1.01. The van der Waals surface area contributed by atoms with Crippen LogP contribution in [0.15, 0.2) is 0 Å². The Balaban J connectivity index is 2.12. The van der Waals surface area contributed by atoms with E-state index >= 15 is 0 Å². The van der Waals surface area contributed by atoms with Crippen molar-refractivity contribution < 1.29 is 50.3 Å². The summed E-state index contributed by atoms with van der Waals surface area (Å²) in [5.74, 6) is 0. The molecular formula is C12H22O10. The summed E-state index contributed by atoms with van der Waals surface area (Å²) in [5.41, 5.74) is 0. The van der Waals surface area contributed by atoms with Crippen molar-refractivity contribution in [2.24, 2.45) is 0 Å². The highest BCUT2D eigenvalue weighted by molar-refractivity contribution is 5.00. The fraction of sp³-hybridized carbons (Fsp3) is 1.00. The Morgan fingerprint density at radius 2 is 1.41 bits per heavy atom. The molecule has 0 amide bonds. The van der Waals surface area contributed by atoms with E-state index in [2.05, 4.69) is 0 Å². The van der Waals surface area contributed by atoms with Crippen molar-refractivity contribution in [2.45, 2.75) is 61.0 Å². The molecule has 2 saturated heterocycles. The molecule has 130 valence electrons. The van der Waals surface area contributed by atoms with Crippen LogP contribution in [-0.2, 0) is 9.47 Å². The van der Waals surface area contributed by atoms with Gasteiger partial charge in [-0.3, -0.25) is 0 Å². The normalized spacial score (nSPS) is 51.5. The molecule has 2 fully saturated rings. The first-order valence-corrected chi connectivity index (χ1v) is 6.94. The van der Waals surface area contributed by atoms with E-state index in [-0.39, 0.29) is 6.61 Å². The van der Waals surface area contributed by atoms with Gasteiger partial charge >= 0.3 is 0 Å². The molecule has 0 aromatic rings. The van der Waals surface area contributed by atoms with E-state index in [0.29, 0.717) is 0 Å². The predicted octanol–water partition coefficient (Wildman–Crippen LogP) is -5.33. The van der Waals surface area contributed by atoms with Gasteiger partial charge in [0.15, 0.2) is 0 Å². The summed E-state index contributed by atoms with van der Waals surface area (Å²) in [6, 6.07) is 0. The van der Waals surface area contributed by atoms with Crippen molar-refractivity contribution in [1.82, 2.24) is 0 Å². The van der Waals surface area contributed by atoms with Gasteiger partial charge in [-0.05, 0) is 0 Å². The van der Waals surface area contributed by atoms with Crippen LogP contribution in [0.25, 0.3) is 0 Å². The molecule has 8 N–H and O–H groups in total. The molecule has 2 aliphatic rings. The van der Waals surface area contributed by atoms with Gasteiger partial charge in [-0.25, -0.2) is 0 Å². The Kier molecular flexibility index (Phi) is 5.72. The third-order valence-corrected chi connectivity index (χ3v) is 4.14. The van der Waals surface area contributed by atoms with Crippen LogP contribution >= 0.6 is 0 Å². The van der Waals surface area contributed by atoms with Crippen LogP contribution < -0.4 is 0 Å². The molecule has 0 aliphatic carbocycles. The van der Waals surface area contributed by atoms with E-state index in [1.165, 1.54) is 0 Å². The molecule has 10 nitrogen and oxygen atoms in total. The predicted molar refractivity (Wildman–Crippen MR) is 67.5 cm³/mol. The van der Waals surface area contributed by atoms with Crippen molar-refractivity contribution in [3.05, 3.63) is 0 Å². The third kappa shape index (κ3) is 3.12. The van der Waals surface area contributed by atoms with Crippen molar-refractivity contribution in [3.63, 3.8) is 0 Å². The lowest BCUT2D eigenvalue weighted by Crippen LogP contribution is -2.66. The SMILES string of the molecule is OC[C@H]1O[C@@H](C(O)[C@H]2OC[C@H](O)[C@@H](O)[C@@H]2O)[C@H](O)[C@@H](O)[C@@H]1O. The summed E-state index contributed by atoms with van der Waals surface area (Å²) in [6.07, 6.45) is -15.2. The first-order valence-electron chi connectivity index (χ1n) is 6.94. The van der Waals surface area contributed by atoms with Crippen LogP contribution in [0.3, 0.4) is 0 Å². The van der Waals surface area contributed by atoms with E-state index in [1.54, 1.807) is 0 Å². The maximum atomic E-state index is 10.2. The van der Waals surface area contributed by atoms with Gasteiger partial charge in [0.05, 0.1) is 13.2 Å². The molecule has 2 aliphatic heterocycles. The second-order valence-electron chi connectivity index (χ2n) is 5.63. The Morgan fingerprint density at radius 3 is 2.00 bits per heavy atom. The summed E-state index contributed by atoms with van der Waals surface area (Å²) < 4.78 is 10.2. The topological polar surface area (TPSA) is 180 Å². The number of rotatable bonds is 3. The highest BCUT2D eigenvalue weighted by Crippen LogP contribution is 2.28. The zero-order chi connectivity index (χ0) is 16.6. The van der Waals surface area contributed by atoms with E-state index in [9.17, 15) is 35.7 Å². The molecule has 0 bridgehead atoms. The van der Waals surface area contributed by atoms with Gasteiger partial charge in [0, 0.05) is 0 Å². The van der Waals surface area contributed by atoms with Gasteiger partial charge in [0.2, 0.25) is 0 Å². The standard InChI is InChI=1S/C12H22O10/c13-1-4-6(16)7(17)9(19)12(22-4)10(20)11-8(18)5(15)3(14)2-21-11/h3-20H,1-2H2/t3-,4+,5+,6+,7-,8-,9+,10?,11-,12+/m0/s1. The molecule has 0 aromatic heterocycles. The van der Waals surface area contributed by atoms with Gasteiger partial charge in [-0.2, -0.15) is 0 Å². The molecule has 2 rings (SSSR count). The van der Waals surface area contributed by atoms with Crippen molar-refractivity contribution in [1.29, 1.82) is 0 Å². The molecular weight excluding hydrogens is 304 g/mol. The maximum Gasteiger partial charge on any atom is 0.115 e. The number of hydrogen-bond acceptors (Lipinski definition) is 10. The number of hydrogen-bond donors (Lipinski definition) is 8. The average molecular weight is 326 g/mol. The number of aliphatic hydroxyl groups is 8. The van der Waals surface area contributed by atoms with Gasteiger partial charge in [0.1, 0.15) is 61.0 Å². The van der Waals surface area contributed by atoms with E-state index in [1.807, 2.05) is 0 Å². The smallest absolute Gasteiger partial charge is 0.115 e. The van der Waals surface area contributed by atoms with Crippen LogP contribution in [-0.4, -0.2) is 115 Å². The van der Waals surface area contributed by atoms with Crippen LogP contribution in [0.1, 0.15) is 0 Å². The molecule has 0 aromatic carbocycles. The quantitative estimate of drug-likeness (QED) is 0.249.